The van der Waals surface area contributed by atoms with E-state index in [-0.39, 0.29) is 0 Å². The zero-order valence-corrected chi connectivity index (χ0v) is 14.2. The Hall–Kier alpha value is -0.120. The molecule has 1 N–H and O–H groups in total. The molecule has 0 bridgehead atoms. The minimum Gasteiger partial charge on any atom is -0.317 e. The van der Waals surface area contributed by atoms with Crippen molar-refractivity contribution >= 4 is 0 Å². The van der Waals surface area contributed by atoms with Crippen LogP contribution in [-0.4, -0.2) is 62.2 Å². The normalized spacial score (nSPS) is 37.5. The second-order valence-corrected chi connectivity index (χ2v) is 7.56. The summed E-state index contributed by atoms with van der Waals surface area (Å²) in [5, 5.41) is 3.59. The minimum atomic E-state index is 0.710. The Balaban J connectivity index is 1.91. The second kappa shape index (κ2) is 7.24. The summed E-state index contributed by atoms with van der Waals surface area (Å²) in [5.74, 6) is 2.63. The maximum atomic E-state index is 3.59. The summed E-state index contributed by atoms with van der Waals surface area (Å²) in [6.07, 6.45) is 4.20. The summed E-state index contributed by atoms with van der Waals surface area (Å²) in [6.45, 7) is 12.2. The Kier molecular flexibility index (Phi) is 5.88. The summed E-state index contributed by atoms with van der Waals surface area (Å²) >= 11 is 0. The molecule has 118 valence electrons. The Labute approximate surface area is 126 Å². The molecule has 0 radical (unpaired) electrons. The van der Waals surface area contributed by atoms with Crippen molar-refractivity contribution < 1.29 is 0 Å². The van der Waals surface area contributed by atoms with Crippen molar-refractivity contribution in [2.75, 3.05) is 40.3 Å². The van der Waals surface area contributed by atoms with Crippen LogP contribution < -0.4 is 5.32 Å². The van der Waals surface area contributed by atoms with Crippen LogP contribution >= 0.6 is 0 Å². The van der Waals surface area contributed by atoms with Crippen molar-refractivity contribution in [1.29, 1.82) is 0 Å². The summed E-state index contributed by atoms with van der Waals surface area (Å²) in [7, 11) is 4.41. The van der Waals surface area contributed by atoms with E-state index < -0.39 is 0 Å². The fourth-order valence-corrected chi connectivity index (χ4v) is 4.11. The van der Waals surface area contributed by atoms with Crippen LogP contribution in [-0.2, 0) is 0 Å². The van der Waals surface area contributed by atoms with Gasteiger partial charge in [0.2, 0.25) is 0 Å². The summed E-state index contributed by atoms with van der Waals surface area (Å²) in [4.78, 5) is 5.20. The standard InChI is InChI=1S/C17H35N3/c1-13(2)15-6-7-17(18-4)16(10-15)12-20-9-8-19(5)14(3)11-20/h13-18H,6-12H2,1-5H3. The molecule has 0 aromatic rings. The number of rotatable bonds is 4. The van der Waals surface area contributed by atoms with Crippen molar-refractivity contribution in [2.24, 2.45) is 17.8 Å². The third-order valence-corrected chi connectivity index (χ3v) is 5.87. The van der Waals surface area contributed by atoms with Crippen molar-refractivity contribution in [3.63, 3.8) is 0 Å². The van der Waals surface area contributed by atoms with Crippen molar-refractivity contribution in [1.82, 2.24) is 15.1 Å². The Morgan fingerprint density at radius 2 is 1.95 bits per heavy atom. The molecule has 0 aromatic heterocycles. The van der Waals surface area contributed by atoms with Gasteiger partial charge >= 0.3 is 0 Å². The molecule has 2 rings (SSSR count). The van der Waals surface area contributed by atoms with E-state index in [9.17, 15) is 0 Å². The Morgan fingerprint density at radius 3 is 2.55 bits per heavy atom. The zero-order valence-electron chi connectivity index (χ0n) is 14.2. The summed E-state index contributed by atoms with van der Waals surface area (Å²) < 4.78 is 0. The third-order valence-electron chi connectivity index (χ3n) is 5.87. The lowest BCUT2D eigenvalue weighted by atomic mass is 9.73. The molecule has 0 aromatic carbocycles. The second-order valence-electron chi connectivity index (χ2n) is 7.56. The van der Waals surface area contributed by atoms with Crippen LogP contribution in [0.4, 0.5) is 0 Å². The number of nitrogens with zero attached hydrogens (tertiary/aromatic N) is 2. The van der Waals surface area contributed by atoms with Crippen LogP contribution in [0.2, 0.25) is 0 Å². The van der Waals surface area contributed by atoms with Gasteiger partial charge in [-0.2, -0.15) is 0 Å². The van der Waals surface area contributed by atoms with Gasteiger partial charge in [0.1, 0.15) is 0 Å². The quantitative estimate of drug-likeness (QED) is 0.853. The van der Waals surface area contributed by atoms with Crippen molar-refractivity contribution in [3.8, 4) is 0 Å². The molecule has 1 saturated heterocycles. The highest BCUT2D eigenvalue weighted by Crippen LogP contribution is 2.34. The third kappa shape index (κ3) is 3.96. The fraction of sp³-hybridized carbons (Fsp3) is 1.00. The van der Waals surface area contributed by atoms with Gasteiger partial charge in [-0.15, -0.1) is 0 Å². The predicted molar refractivity (Wildman–Crippen MR) is 87.0 cm³/mol. The predicted octanol–water partition coefficient (Wildman–Crippen LogP) is 2.28. The monoisotopic (exact) mass is 281 g/mol. The highest BCUT2D eigenvalue weighted by molar-refractivity contribution is 4.88. The van der Waals surface area contributed by atoms with Gasteiger partial charge in [-0.25, -0.2) is 0 Å². The van der Waals surface area contributed by atoms with E-state index >= 15 is 0 Å². The number of likely N-dealkylation sites (N-methyl/N-ethyl adjacent to an activating group) is 1. The van der Waals surface area contributed by atoms with Crippen LogP contribution in [0.5, 0.6) is 0 Å². The average molecular weight is 281 g/mol. The maximum Gasteiger partial charge on any atom is 0.0192 e. The van der Waals surface area contributed by atoms with E-state index in [0.29, 0.717) is 6.04 Å². The highest BCUT2D eigenvalue weighted by atomic mass is 15.3. The van der Waals surface area contributed by atoms with Gasteiger partial charge in [0.25, 0.3) is 0 Å². The molecule has 0 amide bonds. The first-order chi connectivity index (χ1) is 9.51. The number of nitrogens with one attached hydrogen (secondary N) is 1. The number of hydrogen-bond donors (Lipinski definition) is 1. The van der Waals surface area contributed by atoms with E-state index in [1.165, 1.54) is 45.4 Å². The molecule has 3 nitrogen and oxygen atoms in total. The molecule has 2 aliphatic rings. The summed E-state index contributed by atoms with van der Waals surface area (Å²) in [6, 6.07) is 1.45. The van der Waals surface area contributed by atoms with Gasteiger partial charge in [-0.05, 0) is 58.0 Å². The van der Waals surface area contributed by atoms with Crippen LogP contribution in [0.25, 0.3) is 0 Å². The molecule has 1 aliphatic carbocycles. The molecular weight excluding hydrogens is 246 g/mol. The van der Waals surface area contributed by atoms with Gasteiger partial charge < -0.3 is 15.1 Å². The summed E-state index contributed by atoms with van der Waals surface area (Å²) in [5.41, 5.74) is 0. The Bertz CT molecular complexity index is 292. The molecule has 4 atom stereocenters. The van der Waals surface area contributed by atoms with E-state index in [1.807, 2.05) is 0 Å². The smallest absolute Gasteiger partial charge is 0.0192 e. The lowest BCUT2D eigenvalue weighted by Crippen LogP contribution is -2.53. The number of hydrogen-bond acceptors (Lipinski definition) is 3. The van der Waals surface area contributed by atoms with Crippen LogP contribution in [0.1, 0.15) is 40.0 Å². The average Bonchev–Trinajstić information content (AvgIpc) is 2.42. The van der Waals surface area contributed by atoms with Crippen molar-refractivity contribution in [3.05, 3.63) is 0 Å². The van der Waals surface area contributed by atoms with Gasteiger partial charge in [0, 0.05) is 38.3 Å². The van der Waals surface area contributed by atoms with Crippen LogP contribution in [0.15, 0.2) is 0 Å². The van der Waals surface area contributed by atoms with E-state index in [2.05, 4.69) is 50.0 Å². The SMILES string of the molecule is CNC1CCC(C(C)C)CC1CN1CCN(C)C(C)C1. The molecule has 2 fully saturated rings. The van der Waals surface area contributed by atoms with Gasteiger partial charge in [-0.1, -0.05) is 13.8 Å². The molecular formula is C17H35N3. The van der Waals surface area contributed by atoms with Gasteiger partial charge in [-0.3, -0.25) is 0 Å². The first-order valence-corrected chi connectivity index (χ1v) is 8.61. The number of piperazine rings is 1. The van der Waals surface area contributed by atoms with E-state index in [1.54, 1.807) is 0 Å². The van der Waals surface area contributed by atoms with E-state index in [4.69, 9.17) is 0 Å². The minimum absolute atomic E-state index is 0.710. The zero-order chi connectivity index (χ0) is 14.7. The lowest BCUT2D eigenvalue weighted by molar-refractivity contribution is 0.0664. The Morgan fingerprint density at radius 1 is 1.20 bits per heavy atom. The molecule has 4 unspecified atom stereocenters. The topological polar surface area (TPSA) is 18.5 Å². The van der Waals surface area contributed by atoms with Crippen LogP contribution in [0.3, 0.4) is 0 Å². The molecule has 1 saturated carbocycles. The molecule has 1 heterocycles. The lowest BCUT2D eigenvalue weighted by Gasteiger charge is -2.43. The van der Waals surface area contributed by atoms with Gasteiger partial charge in [0.15, 0.2) is 0 Å². The maximum absolute atomic E-state index is 3.59. The van der Waals surface area contributed by atoms with Gasteiger partial charge in [0.05, 0.1) is 0 Å². The molecule has 0 spiro atoms. The molecule has 3 heteroatoms. The van der Waals surface area contributed by atoms with Crippen LogP contribution in [0, 0.1) is 17.8 Å². The first kappa shape index (κ1) is 16.3. The van der Waals surface area contributed by atoms with E-state index in [0.717, 1.165) is 23.8 Å². The van der Waals surface area contributed by atoms with Crippen molar-refractivity contribution in [2.45, 2.75) is 52.1 Å². The first-order valence-electron chi connectivity index (χ1n) is 8.61. The fourth-order valence-electron chi connectivity index (χ4n) is 4.11. The largest absolute Gasteiger partial charge is 0.317 e. The highest BCUT2D eigenvalue weighted by Gasteiger charge is 2.33. The molecule has 20 heavy (non-hydrogen) atoms. The molecule has 1 aliphatic heterocycles.